The first-order valence-electron chi connectivity index (χ1n) is 10.2. The summed E-state index contributed by atoms with van der Waals surface area (Å²) in [7, 11) is 0. The first-order chi connectivity index (χ1) is 15.9. The molecule has 0 bridgehead atoms. The van der Waals surface area contributed by atoms with Gasteiger partial charge < -0.3 is 16.4 Å². The number of nitrogen functional groups attached to an aromatic ring is 1. The Labute approximate surface area is 201 Å². The summed E-state index contributed by atoms with van der Waals surface area (Å²) in [6, 6.07) is 21.9. The summed E-state index contributed by atoms with van der Waals surface area (Å²) in [5.74, 6) is 0.0810. The molecule has 0 atom stereocenters. The van der Waals surface area contributed by atoms with Crippen molar-refractivity contribution >= 4 is 47.7 Å². The molecular formula is C25H22N4O2S2. The molecular weight excluding hydrogens is 452 g/mol. The van der Waals surface area contributed by atoms with E-state index in [1.54, 1.807) is 36.4 Å². The van der Waals surface area contributed by atoms with Crippen LogP contribution in [0.4, 0.5) is 5.69 Å². The van der Waals surface area contributed by atoms with E-state index >= 15 is 0 Å². The average molecular weight is 475 g/mol. The van der Waals surface area contributed by atoms with E-state index in [0.29, 0.717) is 39.6 Å². The number of nitrogens with two attached hydrogens (primary N) is 1. The number of benzene rings is 3. The maximum absolute atomic E-state index is 12.8. The molecule has 0 aliphatic carbocycles. The number of carbonyl (C=O) groups excluding carboxylic acids is 2. The molecule has 0 saturated heterocycles. The molecule has 0 radical (unpaired) electrons. The molecule has 3 aromatic carbocycles. The van der Waals surface area contributed by atoms with Crippen LogP contribution >= 0.6 is 24.4 Å². The highest BCUT2D eigenvalue weighted by molar-refractivity contribution is 8.04. The van der Waals surface area contributed by atoms with Crippen LogP contribution in [0.5, 0.6) is 0 Å². The van der Waals surface area contributed by atoms with Crippen molar-refractivity contribution in [3.8, 4) is 11.1 Å². The summed E-state index contributed by atoms with van der Waals surface area (Å²) in [5.41, 5.74) is 9.67. The minimum absolute atomic E-state index is 0.0719. The summed E-state index contributed by atoms with van der Waals surface area (Å²) in [6.45, 7) is 0. The second-order valence-corrected chi connectivity index (χ2v) is 8.99. The number of amidine groups is 1. The van der Waals surface area contributed by atoms with Gasteiger partial charge in [-0.25, -0.2) is 0 Å². The van der Waals surface area contributed by atoms with Gasteiger partial charge in [0.05, 0.1) is 4.91 Å². The Hall–Kier alpha value is -3.49. The average Bonchev–Trinajstić information content (AvgIpc) is 3.28. The second-order valence-electron chi connectivity index (χ2n) is 7.40. The fraction of sp³-hybridized carbons (Fsp3) is 0.0800. The third-order valence-electron chi connectivity index (χ3n) is 5.14. The van der Waals surface area contributed by atoms with Crippen molar-refractivity contribution in [3.63, 3.8) is 0 Å². The van der Waals surface area contributed by atoms with Gasteiger partial charge in [-0.3, -0.25) is 15.0 Å². The lowest BCUT2D eigenvalue weighted by atomic mass is 10.0. The zero-order valence-electron chi connectivity index (χ0n) is 17.6. The van der Waals surface area contributed by atoms with Crippen LogP contribution in [-0.2, 0) is 4.79 Å². The molecule has 2 amide bonds. The smallest absolute Gasteiger partial charge is 0.263 e. The summed E-state index contributed by atoms with van der Waals surface area (Å²) in [6.07, 6.45) is 0.595. The lowest BCUT2D eigenvalue weighted by Crippen LogP contribution is -2.25. The molecule has 0 spiro atoms. The summed E-state index contributed by atoms with van der Waals surface area (Å²) < 4.78 is 0. The highest BCUT2D eigenvalue weighted by atomic mass is 32.2. The Balaban J connectivity index is 1.47. The molecule has 0 fully saturated rings. The van der Waals surface area contributed by atoms with Gasteiger partial charge in [0, 0.05) is 33.2 Å². The standard InChI is InChI=1S/C25H22N4O2S2/c26-23(27)17-4-3-5-18(14-17)28-25(31)22-20(12-13-33-22)29-24(30)16-10-8-15(9-11-16)19-6-1-2-7-21(19)32/h1-11,14,32H,12-13H2,(H3,26,27)(H,28,31)(H,29,30). The van der Waals surface area contributed by atoms with Gasteiger partial charge in [0.15, 0.2) is 0 Å². The van der Waals surface area contributed by atoms with E-state index in [2.05, 4.69) is 23.3 Å². The van der Waals surface area contributed by atoms with E-state index < -0.39 is 0 Å². The minimum Gasteiger partial charge on any atom is -0.384 e. The number of carbonyl (C=O) groups is 2. The van der Waals surface area contributed by atoms with Gasteiger partial charge in [0.2, 0.25) is 0 Å². The molecule has 6 nitrogen and oxygen atoms in total. The summed E-state index contributed by atoms with van der Waals surface area (Å²) in [4.78, 5) is 27.0. The van der Waals surface area contributed by atoms with Gasteiger partial charge in [-0.15, -0.1) is 24.4 Å². The van der Waals surface area contributed by atoms with Gasteiger partial charge in [-0.05, 0) is 47.9 Å². The molecule has 8 heteroatoms. The van der Waals surface area contributed by atoms with Crippen molar-refractivity contribution in [2.24, 2.45) is 5.73 Å². The molecule has 33 heavy (non-hydrogen) atoms. The molecule has 0 unspecified atom stereocenters. The maximum atomic E-state index is 12.8. The fourth-order valence-electron chi connectivity index (χ4n) is 3.46. The Morgan fingerprint density at radius 2 is 1.67 bits per heavy atom. The molecule has 166 valence electrons. The molecule has 0 saturated carbocycles. The number of rotatable bonds is 6. The van der Waals surface area contributed by atoms with Crippen molar-refractivity contribution in [1.29, 1.82) is 5.41 Å². The van der Waals surface area contributed by atoms with Crippen molar-refractivity contribution in [2.45, 2.75) is 11.3 Å². The minimum atomic E-state index is -0.297. The Kier molecular flexibility index (Phi) is 6.86. The monoisotopic (exact) mass is 474 g/mol. The SMILES string of the molecule is N=C(N)c1cccc(NC(=O)C2=C(NC(=O)c3ccc(-c4ccccc4S)cc3)CCS2)c1. The number of thiol groups is 1. The first kappa shape index (κ1) is 22.7. The zero-order chi connectivity index (χ0) is 23.4. The van der Waals surface area contributed by atoms with Crippen molar-refractivity contribution in [1.82, 2.24) is 5.32 Å². The lowest BCUT2D eigenvalue weighted by Gasteiger charge is -2.11. The van der Waals surface area contributed by atoms with Gasteiger partial charge in [-0.1, -0.05) is 42.5 Å². The van der Waals surface area contributed by atoms with Crippen LogP contribution in [0.25, 0.3) is 11.1 Å². The number of amides is 2. The van der Waals surface area contributed by atoms with Crippen molar-refractivity contribution in [3.05, 3.63) is 94.5 Å². The van der Waals surface area contributed by atoms with E-state index in [1.165, 1.54) is 11.8 Å². The first-order valence-corrected chi connectivity index (χ1v) is 11.7. The maximum Gasteiger partial charge on any atom is 0.263 e. The Morgan fingerprint density at radius 3 is 2.39 bits per heavy atom. The van der Waals surface area contributed by atoms with Crippen LogP contribution in [0, 0.1) is 5.41 Å². The highest BCUT2D eigenvalue weighted by Gasteiger charge is 2.24. The molecule has 1 heterocycles. The van der Waals surface area contributed by atoms with Crippen LogP contribution in [0.15, 0.2) is 88.3 Å². The normalized spacial score (nSPS) is 13.0. The topological polar surface area (TPSA) is 108 Å². The number of anilines is 1. The van der Waals surface area contributed by atoms with Crippen molar-refractivity contribution in [2.75, 3.05) is 11.1 Å². The number of hydrogen-bond acceptors (Lipinski definition) is 5. The summed E-state index contributed by atoms with van der Waals surface area (Å²) in [5, 5.41) is 13.3. The van der Waals surface area contributed by atoms with E-state index in [9.17, 15) is 9.59 Å². The number of thioether (sulfide) groups is 1. The van der Waals surface area contributed by atoms with Crippen LogP contribution in [-0.4, -0.2) is 23.4 Å². The van der Waals surface area contributed by atoms with E-state index in [1.807, 2.05) is 36.4 Å². The largest absolute Gasteiger partial charge is 0.384 e. The molecule has 0 aromatic heterocycles. The summed E-state index contributed by atoms with van der Waals surface area (Å²) >= 11 is 5.90. The number of nitrogens with one attached hydrogen (secondary N) is 3. The van der Waals surface area contributed by atoms with E-state index in [0.717, 1.165) is 16.0 Å². The zero-order valence-corrected chi connectivity index (χ0v) is 19.3. The third kappa shape index (κ3) is 5.30. The van der Waals surface area contributed by atoms with Gasteiger partial charge in [0.1, 0.15) is 5.84 Å². The van der Waals surface area contributed by atoms with Crippen LogP contribution < -0.4 is 16.4 Å². The Morgan fingerprint density at radius 1 is 0.909 bits per heavy atom. The number of hydrogen-bond donors (Lipinski definition) is 5. The van der Waals surface area contributed by atoms with Crippen LogP contribution in [0.2, 0.25) is 0 Å². The molecule has 5 N–H and O–H groups in total. The Bertz CT molecular complexity index is 1270. The molecule has 1 aliphatic rings. The van der Waals surface area contributed by atoms with E-state index in [-0.39, 0.29) is 17.6 Å². The van der Waals surface area contributed by atoms with Gasteiger partial charge >= 0.3 is 0 Å². The quantitative estimate of drug-likeness (QED) is 0.204. The third-order valence-corrected chi connectivity index (χ3v) is 6.66. The number of allylic oxidation sites excluding steroid dienone is 1. The fourth-order valence-corrected chi connectivity index (χ4v) is 4.77. The second kappa shape index (κ2) is 9.97. The molecule has 4 rings (SSSR count). The van der Waals surface area contributed by atoms with E-state index in [4.69, 9.17) is 11.1 Å². The highest BCUT2D eigenvalue weighted by Crippen LogP contribution is 2.31. The predicted molar refractivity (Wildman–Crippen MR) is 137 cm³/mol. The predicted octanol–water partition coefficient (Wildman–Crippen LogP) is 4.64. The van der Waals surface area contributed by atoms with Gasteiger partial charge in [0.25, 0.3) is 11.8 Å². The van der Waals surface area contributed by atoms with Crippen LogP contribution in [0.1, 0.15) is 22.3 Å². The van der Waals surface area contributed by atoms with Crippen LogP contribution in [0.3, 0.4) is 0 Å². The van der Waals surface area contributed by atoms with Crippen molar-refractivity contribution < 1.29 is 9.59 Å². The molecule has 1 aliphatic heterocycles. The lowest BCUT2D eigenvalue weighted by molar-refractivity contribution is -0.112. The van der Waals surface area contributed by atoms with Gasteiger partial charge in [-0.2, -0.15) is 0 Å². The molecule has 3 aromatic rings.